The molecule has 0 saturated heterocycles. The smallest absolute Gasteiger partial charge is 0.224 e. The monoisotopic (exact) mass is 368 g/mol. The van der Waals surface area contributed by atoms with Crippen molar-refractivity contribution in [1.29, 1.82) is 0 Å². The van der Waals surface area contributed by atoms with E-state index in [2.05, 4.69) is 15.4 Å². The van der Waals surface area contributed by atoms with E-state index in [1.54, 1.807) is 7.11 Å². The second-order valence-electron chi connectivity index (χ2n) is 7.87. The molecule has 142 valence electrons. The first-order chi connectivity index (χ1) is 13.1. The molecule has 1 spiro atoms. The van der Waals surface area contributed by atoms with E-state index in [4.69, 9.17) is 9.47 Å². The zero-order valence-corrected chi connectivity index (χ0v) is 15.7. The van der Waals surface area contributed by atoms with E-state index in [9.17, 15) is 4.79 Å². The Hall–Kier alpha value is -2.57. The van der Waals surface area contributed by atoms with Crippen molar-refractivity contribution in [3.63, 3.8) is 0 Å². The largest absolute Gasteiger partial charge is 0.497 e. The van der Waals surface area contributed by atoms with Crippen LogP contribution in [0.15, 0.2) is 18.2 Å². The number of amides is 1. The number of aromatic nitrogens is 3. The lowest BCUT2D eigenvalue weighted by Crippen LogP contribution is -2.43. The number of carbonyl (C=O) groups excluding carboxylic acids is 1. The highest BCUT2D eigenvalue weighted by Gasteiger charge is 2.61. The molecule has 1 fully saturated rings. The SMILES string of the molecule is COc1ccc2c(c1)[C@@]1(CCO2)C[C@@H]1C(=O)NC1CCc2nc(C)nn2C1. The molecule has 2 aromatic rings. The number of carbonyl (C=O) groups is 1. The summed E-state index contributed by atoms with van der Waals surface area (Å²) >= 11 is 0. The normalized spacial score (nSPS) is 28.1. The number of rotatable bonds is 3. The van der Waals surface area contributed by atoms with Crippen molar-refractivity contribution in [2.75, 3.05) is 13.7 Å². The fourth-order valence-electron chi connectivity index (χ4n) is 4.71. The Morgan fingerprint density at radius 1 is 1.44 bits per heavy atom. The van der Waals surface area contributed by atoms with E-state index in [1.807, 2.05) is 29.8 Å². The van der Waals surface area contributed by atoms with Crippen LogP contribution in [0.1, 0.15) is 36.5 Å². The fraction of sp³-hybridized carbons (Fsp3) is 0.550. The van der Waals surface area contributed by atoms with Crippen molar-refractivity contribution in [2.24, 2.45) is 5.92 Å². The van der Waals surface area contributed by atoms with Crippen LogP contribution in [0.4, 0.5) is 0 Å². The summed E-state index contributed by atoms with van der Waals surface area (Å²) in [5, 5.41) is 7.69. The maximum Gasteiger partial charge on any atom is 0.224 e. The highest BCUT2D eigenvalue weighted by atomic mass is 16.5. The molecular formula is C20H24N4O3. The van der Waals surface area contributed by atoms with Gasteiger partial charge in [-0.15, -0.1) is 0 Å². The third-order valence-electron chi connectivity index (χ3n) is 6.23. The predicted molar refractivity (Wildman–Crippen MR) is 97.9 cm³/mol. The topological polar surface area (TPSA) is 78.3 Å². The Labute approximate surface area is 158 Å². The molecule has 7 heteroatoms. The van der Waals surface area contributed by atoms with Gasteiger partial charge < -0.3 is 14.8 Å². The molecule has 1 aromatic carbocycles. The molecule has 0 bridgehead atoms. The summed E-state index contributed by atoms with van der Waals surface area (Å²) in [7, 11) is 1.67. The summed E-state index contributed by atoms with van der Waals surface area (Å²) in [5.74, 6) is 3.67. The highest BCUT2D eigenvalue weighted by molar-refractivity contribution is 5.85. The van der Waals surface area contributed by atoms with Crippen molar-refractivity contribution < 1.29 is 14.3 Å². The molecule has 3 aliphatic rings. The number of nitrogens with one attached hydrogen (secondary N) is 1. The van der Waals surface area contributed by atoms with Gasteiger partial charge in [-0.3, -0.25) is 4.79 Å². The molecule has 27 heavy (non-hydrogen) atoms. The summed E-state index contributed by atoms with van der Waals surface area (Å²) in [6.45, 7) is 3.27. The van der Waals surface area contributed by atoms with Crippen LogP contribution in [0.2, 0.25) is 0 Å². The predicted octanol–water partition coefficient (Wildman–Crippen LogP) is 1.77. The standard InChI is InChI=1S/C20H24N4O3/c1-12-21-18-6-3-13(11-24(18)23-12)22-19(25)16-10-20(16)7-8-27-17-5-4-14(26-2)9-15(17)20/h4-5,9,13,16H,3,6-8,10-11H2,1-2H3,(H,22,25)/t13?,16-,20-/m1/s1. The van der Waals surface area contributed by atoms with Crippen LogP contribution < -0.4 is 14.8 Å². The third kappa shape index (κ3) is 2.67. The fourth-order valence-corrected chi connectivity index (χ4v) is 4.71. The number of aryl methyl sites for hydroxylation is 2. The van der Waals surface area contributed by atoms with Crippen LogP contribution in [0.3, 0.4) is 0 Å². The van der Waals surface area contributed by atoms with Gasteiger partial charge in [0.25, 0.3) is 0 Å². The average molecular weight is 368 g/mol. The quantitative estimate of drug-likeness (QED) is 0.893. The lowest BCUT2D eigenvalue weighted by Gasteiger charge is -2.28. The van der Waals surface area contributed by atoms with Gasteiger partial charge >= 0.3 is 0 Å². The van der Waals surface area contributed by atoms with Crippen molar-refractivity contribution in [3.05, 3.63) is 35.4 Å². The zero-order valence-electron chi connectivity index (χ0n) is 15.7. The van der Waals surface area contributed by atoms with Gasteiger partial charge in [-0.2, -0.15) is 5.10 Å². The number of benzene rings is 1. The van der Waals surface area contributed by atoms with Gasteiger partial charge in [-0.1, -0.05) is 0 Å². The minimum Gasteiger partial charge on any atom is -0.497 e. The number of hydrogen-bond donors (Lipinski definition) is 1. The van der Waals surface area contributed by atoms with Crippen LogP contribution in [0.5, 0.6) is 11.5 Å². The van der Waals surface area contributed by atoms with Crippen molar-refractivity contribution >= 4 is 5.91 Å². The van der Waals surface area contributed by atoms with Crippen LogP contribution in [-0.2, 0) is 23.2 Å². The molecule has 5 rings (SSSR count). The van der Waals surface area contributed by atoms with E-state index in [0.29, 0.717) is 13.2 Å². The second-order valence-corrected chi connectivity index (χ2v) is 7.87. The summed E-state index contributed by atoms with van der Waals surface area (Å²) in [6, 6.07) is 6.02. The van der Waals surface area contributed by atoms with Crippen molar-refractivity contribution in [1.82, 2.24) is 20.1 Å². The van der Waals surface area contributed by atoms with Gasteiger partial charge in [-0.25, -0.2) is 9.67 Å². The highest BCUT2D eigenvalue weighted by Crippen LogP contribution is 2.61. The van der Waals surface area contributed by atoms with Crippen LogP contribution >= 0.6 is 0 Å². The van der Waals surface area contributed by atoms with E-state index in [0.717, 1.165) is 54.4 Å². The van der Waals surface area contributed by atoms with E-state index >= 15 is 0 Å². The molecule has 3 atom stereocenters. The number of ether oxygens (including phenoxy) is 2. The molecule has 1 aliphatic carbocycles. The number of fused-ring (bicyclic) bond motifs is 3. The molecule has 7 nitrogen and oxygen atoms in total. The molecule has 1 N–H and O–H groups in total. The second kappa shape index (κ2) is 5.97. The molecule has 1 amide bonds. The Morgan fingerprint density at radius 2 is 2.33 bits per heavy atom. The number of hydrogen-bond acceptors (Lipinski definition) is 5. The Morgan fingerprint density at radius 3 is 3.19 bits per heavy atom. The molecule has 1 unspecified atom stereocenters. The van der Waals surface area contributed by atoms with E-state index < -0.39 is 0 Å². The molecule has 1 saturated carbocycles. The van der Waals surface area contributed by atoms with Gasteiger partial charge in [0.1, 0.15) is 23.1 Å². The summed E-state index contributed by atoms with van der Waals surface area (Å²) < 4.78 is 13.1. The summed E-state index contributed by atoms with van der Waals surface area (Å²) in [5.41, 5.74) is 1.02. The van der Waals surface area contributed by atoms with Gasteiger partial charge in [0.2, 0.25) is 5.91 Å². The first-order valence-electron chi connectivity index (χ1n) is 9.61. The average Bonchev–Trinajstić information content (AvgIpc) is 3.26. The van der Waals surface area contributed by atoms with Gasteiger partial charge in [0, 0.05) is 29.4 Å². The van der Waals surface area contributed by atoms with Crippen LogP contribution in [-0.4, -0.2) is 40.4 Å². The third-order valence-corrected chi connectivity index (χ3v) is 6.23. The van der Waals surface area contributed by atoms with Gasteiger partial charge in [0.05, 0.1) is 20.3 Å². The first kappa shape index (κ1) is 16.6. The summed E-state index contributed by atoms with van der Waals surface area (Å²) in [4.78, 5) is 17.4. The maximum atomic E-state index is 13.0. The Kier molecular flexibility index (Phi) is 3.67. The maximum absolute atomic E-state index is 13.0. The zero-order chi connectivity index (χ0) is 18.6. The van der Waals surface area contributed by atoms with E-state index in [1.165, 1.54) is 0 Å². The first-order valence-corrected chi connectivity index (χ1v) is 9.61. The molecule has 0 radical (unpaired) electrons. The lowest BCUT2D eigenvalue weighted by molar-refractivity contribution is -0.123. The molecule has 1 aromatic heterocycles. The minimum absolute atomic E-state index is 0.00568. The van der Waals surface area contributed by atoms with E-state index in [-0.39, 0.29) is 23.3 Å². The Balaban J connectivity index is 1.31. The van der Waals surface area contributed by atoms with Crippen LogP contribution in [0, 0.1) is 12.8 Å². The van der Waals surface area contributed by atoms with Crippen molar-refractivity contribution in [2.45, 2.75) is 50.6 Å². The summed E-state index contributed by atoms with van der Waals surface area (Å²) in [6.07, 6.45) is 3.53. The molecular weight excluding hydrogens is 344 g/mol. The minimum atomic E-state index is -0.101. The molecule has 2 aliphatic heterocycles. The van der Waals surface area contributed by atoms with Gasteiger partial charge in [-0.05, 0) is 44.4 Å². The lowest BCUT2D eigenvalue weighted by atomic mass is 9.87. The van der Waals surface area contributed by atoms with Crippen molar-refractivity contribution in [3.8, 4) is 11.5 Å². The van der Waals surface area contributed by atoms with Crippen LogP contribution in [0.25, 0.3) is 0 Å². The molecule has 3 heterocycles. The van der Waals surface area contributed by atoms with Gasteiger partial charge in [0.15, 0.2) is 0 Å². The number of nitrogens with zero attached hydrogens (tertiary/aromatic N) is 3. The number of methoxy groups -OCH3 is 1. The Bertz CT molecular complexity index is 909.